The normalized spacial score (nSPS) is 12.5. The number of amides is 1. The highest BCUT2D eigenvalue weighted by molar-refractivity contribution is 6.01. The lowest BCUT2D eigenvalue weighted by molar-refractivity contribution is 0.0523. The minimum absolute atomic E-state index is 0.00166. The van der Waals surface area contributed by atoms with E-state index in [1.807, 2.05) is 11.0 Å². The van der Waals surface area contributed by atoms with Gasteiger partial charge in [-0.05, 0) is 68.0 Å². The zero-order valence-corrected chi connectivity index (χ0v) is 28.6. The number of unbranched alkanes of at least 4 members (excludes halogenated alkanes) is 2. The summed E-state index contributed by atoms with van der Waals surface area (Å²) in [7, 11) is 0. The lowest BCUT2D eigenvalue weighted by Crippen LogP contribution is -2.39. The minimum atomic E-state index is -0.830. The highest BCUT2D eigenvalue weighted by atomic mass is 16.5. The first-order chi connectivity index (χ1) is 22.8. The Balaban J connectivity index is 1.92. The molecular weight excluding hydrogens is 594 g/mol. The van der Waals surface area contributed by atoms with Crippen molar-refractivity contribution in [3.63, 3.8) is 0 Å². The van der Waals surface area contributed by atoms with Crippen molar-refractivity contribution in [1.29, 1.82) is 0 Å². The first kappa shape index (κ1) is 37.0. The summed E-state index contributed by atoms with van der Waals surface area (Å²) in [5.74, 6) is -0.557. The third-order valence-electron chi connectivity index (χ3n) is 8.40. The fraction of sp³-hybridized carbons (Fsp3) is 0.486. The molecule has 10 heteroatoms. The van der Waals surface area contributed by atoms with E-state index in [0.29, 0.717) is 28.8 Å². The molecule has 0 fully saturated rings. The number of hydrogen-bond donors (Lipinski definition) is 3. The molecule has 0 bridgehead atoms. The number of carbonyl (C=O) groups excluding carboxylic acids is 2. The van der Waals surface area contributed by atoms with Crippen LogP contribution < -0.4 is 10.9 Å². The maximum Gasteiger partial charge on any atom is 0.345 e. The maximum absolute atomic E-state index is 13.9. The molecule has 0 aliphatic carbocycles. The summed E-state index contributed by atoms with van der Waals surface area (Å²) in [6, 6.07) is 15.7. The second-order valence-electron chi connectivity index (χ2n) is 11.9. The molecule has 2 atom stereocenters. The van der Waals surface area contributed by atoms with Gasteiger partial charge >= 0.3 is 5.97 Å². The third-order valence-corrected chi connectivity index (χ3v) is 8.40. The first-order valence-corrected chi connectivity index (χ1v) is 17.0. The number of nitrogens with one attached hydrogen (secondary N) is 2. The fourth-order valence-corrected chi connectivity index (χ4v) is 5.52. The van der Waals surface area contributed by atoms with Gasteiger partial charge in [0, 0.05) is 24.3 Å². The Morgan fingerprint density at radius 1 is 0.872 bits per heavy atom. The van der Waals surface area contributed by atoms with Crippen LogP contribution in [0.4, 0.5) is 22.7 Å². The van der Waals surface area contributed by atoms with E-state index in [9.17, 15) is 19.5 Å². The Hall–Kier alpha value is -4.47. The number of azo groups is 1. The average molecular weight is 646 g/mol. The number of esters is 1. The van der Waals surface area contributed by atoms with Gasteiger partial charge in [-0.1, -0.05) is 84.4 Å². The number of aromatic hydroxyl groups is 1. The van der Waals surface area contributed by atoms with Crippen LogP contribution in [0.1, 0.15) is 107 Å². The molecule has 47 heavy (non-hydrogen) atoms. The monoisotopic (exact) mass is 645 g/mol. The number of aromatic amines is 1. The van der Waals surface area contributed by atoms with E-state index in [4.69, 9.17) is 4.74 Å². The Morgan fingerprint density at radius 3 is 2.00 bits per heavy atom. The van der Waals surface area contributed by atoms with Crippen LogP contribution in [0.3, 0.4) is 0 Å². The third kappa shape index (κ3) is 10.8. The summed E-state index contributed by atoms with van der Waals surface area (Å²) in [6.07, 6.45) is 8.86. The molecule has 10 nitrogen and oxygen atoms in total. The van der Waals surface area contributed by atoms with E-state index in [2.05, 4.69) is 48.2 Å². The molecule has 0 spiro atoms. The highest BCUT2D eigenvalue weighted by Gasteiger charge is 2.25. The van der Waals surface area contributed by atoms with Gasteiger partial charge in [0.25, 0.3) is 11.5 Å². The van der Waals surface area contributed by atoms with Crippen LogP contribution in [-0.2, 0) is 4.74 Å². The summed E-state index contributed by atoms with van der Waals surface area (Å²) in [6.45, 7) is 12.0. The van der Waals surface area contributed by atoms with Gasteiger partial charge in [0.15, 0.2) is 5.69 Å². The van der Waals surface area contributed by atoms with Crippen LogP contribution >= 0.6 is 0 Å². The van der Waals surface area contributed by atoms with Crippen LogP contribution in [0, 0.1) is 11.8 Å². The standard InChI is InChI=1S/C37H51N5O5/c1-6-11-16-26(8-3)24-42(25-27(9-4)17-12-7-2)36(45)28-20-22-30(23-21-28)40-41-33-32(38-29-18-14-13-15-19-29)31(37(46)47-10-5)34(43)39-35(33)44/h13-15,18-23,26-27H,6-12,16-17,24-25H2,1-5H3,(H3,38,39,43,44). The van der Waals surface area contributed by atoms with Gasteiger partial charge in [-0.15, -0.1) is 5.11 Å². The number of rotatable bonds is 19. The van der Waals surface area contributed by atoms with Crippen LogP contribution in [0.25, 0.3) is 0 Å². The molecule has 3 N–H and O–H groups in total. The summed E-state index contributed by atoms with van der Waals surface area (Å²) < 4.78 is 5.13. The highest BCUT2D eigenvalue weighted by Crippen LogP contribution is 2.34. The Labute approximate surface area is 278 Å². The van der Waals surface area contributed by atoms with Gasteiger partial charge in [-0.25, -0.2) is 4.79 Å². The number of benzene rings is 2. The van der Waals surface area contributed by atoms with E-state index < -0.39 is 17.4 Å². The molecule has 1 amide bonds. The number of anilines is 2. The number of aromatic nitrogens is 1. The summed E-state index contributed by atoms with van der Waals surface area (Å²) in [5, 5.41) is 22.0. The van der Waals surface area contributed by atoms with E-state index in [0.717, 1.165) is 64.5 Å². The molecule has 0 radical (unpaired) electrons. The van der Waals surface area contributed by atoms with Crippen molar-refractivity contribution in [2.45, 2.75) is 86.0 Å². The van der Waals surface area contributed by atoms with Gasteiger partial charge in [0.2, 0.25) is 5.88 Å². The Kier molecular flexibility index (Phi) is 15.2. The molecule has 1 aromatic heterocycles. The van der Waals surface area contributed by atoms with Gasteiger partial charge in [0.1, 0.15) is 5.56 Å². The molecule has 2 unspecified atom stereocenters. The second kappa shape index (κ2) is 19.3. The van der Waals surface area contributed by atoms with Crippen molar-refractivity contribution in [3.8, 4) is 5.88 Å². The van der Waals surface area contributed by atoms with Crippen LogP contribution in [-0.4, -0.2) is 46.6 Å². The Morgan fingerprint density at radius 2 is 1.47 bits per heavy atom. The van der Waals surface area contributed by atoms with E-state index in [-0.39, 0.29) is 29.5 Å². The lowest BCUT2D eigenvalue weighted by atomic mass is 9.95. The van der Waals surface area contributed by atoms with E-state index in [1.54, 1.807) is 55.5 Å². The summed E-state index contributed by atoms with van der Waals surface area (Å²) in [4.78, 5) is 44.0. The van der Waals surface area contributed by atoms with Crippen LogP contribution in [0.5, 0.6) is 5.88 Å². The second-order valence-corrected chi connectivity index (χ2v) is 11.9. The first-order valence-electron chi connectivity index (χ1n) is 17.0. The number of H-pyrrole nitrogens is 1. The van der Waals surface area contributed by atoms with E-state index >= 15 is 0 Å². The molecule has 0 saturated heterocycles. The average Bonchev–Trinajstić information content (AvgIpc) is 3.07. The number of para-hydroxylation sites is 1. The molecule has 0 aliphatic rings. The van der Waals surface area contributed by atoms with Crippen molar-refractivity contribution in [2.24, 2.45) is 22.1 Å². The predicted molar refractivity (Wildman–Crippen MR) is 188 cm³/mol. The van der Waals surface area contributed by atoms with Crippen molar-refractivity contribution in [2.75, 3.05) is 25.0 Å². The molecule has 2 aromatic carbocycles. The number of nitrogens with zero attached hydrogens (tertiary/aromatic N) is 3. The van der Waals surface area contributed by atoms with E-state index in [1.165, 1.54) is 0 Å². The van der Waals surface area contributed by atoms with Crippen molar-refractivity contribution in [1.82, 2.24) is 9.88 Å². The van der Waals surface area contributed by atoms with Crippen LogP contribution in [0.2, 0.25) is 0 Å². The number of carbonyl (C=O) groups is 2. The smallest absolute Gasteiger partial charge is 0.345 e. The molecule has 0 saturated carbocycles. The maximum atomic E-state index is 13.9. The largest absolute Gasteiger partial charge is 0.494 e. The zero-order valence-electron chi connectivity index (χ0n) is 28.6. The molecular formula is C37H51N5O5. The summed E-state index contributed by atoms with van der Waals surface area (Å²) >= 11 is 0. The summed E-state index contributed by atoms with van der Waals surface area (Å²) in [5.41, 5.74) is 0.277. The van der Waals surface area contributed by atoms with Crippen molar-refractivity contribution in [3.05, 3.63) is 76.1 Å². The van der Waals surface area contributed by atoms with Crippen LogP contribution in [0.15, 0.2) is 69.6 Å². The molecule has 3 aromatic rings. The molecule has 3 rings (SSSR count). The number of hydrogen-bond acceptors (Lipinski definition) is 8. The zero-order chi connectivity index (χ0) is 34.2. The van der Waals surface area contributed by atoms with Gasteiger partial charge in [-0.2, -0.15) is 5.11 Å². The van der Waals surface area contributed by atoms with Gasteiger partial charge in [0.05, 0.1) is 18.0 Å². The number of ether oxygens (including phenoxy) is 1. The van der Waals surface area contributed by atoms with Gasteiger partial charge in [-0.3, -0.25) is 14.6 Å². The fourth-order valence-electron chi connectivity index (χ4n) is 5.52. The predicted octanol–water partition coefficient (Wildman–Crippen LogP) is 9.29. The molecule has 254 valence electrons. The van der Waals surface area contributed by atoms with Crippen molar-refractivity contribution < 1.29 is 19.4 Å². The Bertz CT molecular complexity index is 1490. The number of pyridine rings is 1. The van der Waals surface area contributed by atoms with Gasteiger partial charge < -0.3 is 20.1 Å². The SMILES string of the molecule is CCCCC(CC)CN(CC(CC)CCCC)C(=O)c1ccc(N=Nc2c(Nc3ccccc3)c(C(=O)OCC)c(O)[nH]c2=O)cc1. The lowest BCUT2D eigenvalue weighted by Gasteiger charge is -2.31. The quantitative estimate of drug-likeness (QED) is 0.0878. The molecule has 0 aliphatic heterocycles. The topological polar surface area (TPSA) is 136 Å². The molecule has 1 heterocycles. The van der Waals surface area contributed by atoms with Crippen molar-refractivity contribution >= 4 is 34.6 Å². The minimum Gasteiger partial charge on any atom is -0.494 e.